The lowest BCUT2D eigenvalue weighted by atomic mass is 10.2. The topological polar surface area (TPSA) is 77.6 Å². The molecule has 0 saturated heterocycles. The zero-order valence-electron chi connectivity index (χ0n) is 12.5. The van der Waals surface area contributed by atoms with Crippen molar-refractivity contribution in [2.75, 3.05) is 14.2 Å². The lowest BCUT2D eigenvalue weighted by Crippen LogP contribution is -1.97. The molecule has 0 bridgehead atoms. The Bertz CT molecular complexity index is 881. The number of aromatic amines is 1. The highest BCUT2D eigenvalue weighted by molar-refractivity contribution is 7.71. The molecule has 0 aliphatic heterocycles. The Morgan fingerprint density at radius 2 is 2.17 bits per heavy atom. The van der Waals surface area contributed by atoms with Gasteiger partial charge in [-0.15, -0.1) is 5.10 Å². The van der Waals surface area contributed by atoms with Crippen LogP contribution in [0.15, 0.2) is 46.1 Å². The Morgan fingerprint density at radius 1 is 1.30 bits per heavy atom. The second-order valence-electron chi connectivity index (χ2n) is 4.49. The molecule has 0 unspecified atom stereocenters. The summed E-state index contributed by atoms with van der Waals surface area (Å²) in [6.45, 7) is 0. The van der Waals surface area contributed by atoms with Crippen molar-refractivity contribution < 1.29 is 13.9 Å². The number of H-pyrrole nitrogens is 1. The summed E-state index contributed by atoms with van der Waals surface area (Å²) in [5, 5.41) is 11.2. The van der Waals surface area contributed by atoms with Crippen molar-refractivity contribution in [1.82, 2.24) is 14.9 Å². The van der Waals surface area contributed by atoms with Gasteiger partial charge in [-0.05, 0) is 42.5 Å². The monoisotopic (exact) mass is 330 g/mol. The predicted octanol–water partition coefficient (Wildman–Crippen LogP) is 3.10. The summed E-state index contributed by atoms with van der Waals surface area (Å²) in [5.41, 5.74) is 0.750. The lowest BCUT2D eigenvalue weighted by Gasteiger charge is -2.06. The molecule has 0 atom stereocenters. The Labute approximate surface area is 137 Å². The molecule has 0 aliphatic carbocycles. The molecular formula is C15H14N4O3S. The molecule has 118 valence electrons. The third-order valence-corrected chi connectivity index (χ3v) is 3.41. The standard InChI is InChI=1S/C15H14N4O3S/c1-20-11-5-6-12(21-2)10(8-11)9-16-19-14(17-18-15(19)23)13-4-3-7-22-13/h3-9H,1-2H3,(H,18,23)/b16-9+. The van der Waals surface area contributed by atoms with E-state index in [1.165, 1.54) is 4.68 Å². The number of hydrogen-bond donors (Lipinski definition) is 1. The van der Waals surface area contributed by atoms with Gasteiger partial charge in [0.05, 0.1) is 26.7 Å². The van der Waals surface area contributed by atoms with E-state index in [2.05, 4.69) is 15.3 Å². The summed E-state index contributed by atoms with van der Waals surface area (Å²) in [5.74, 6) is 2.42. The van der Waals surface area contributed by atoms with Crippen molar-refractivity contribution >= 4 is 18.4 Å². The van der Waals surface area contributed by atoms with Gasteiger partial charge in [0.25, 0.3) is 0 Å². The van der Waals surface area contributed by atoms with E-state index >= 15 is 0 Å². The van der Waals surface area contributed by atoms with E-state index in [4.69, 9.17) is 26.1 Å². The van der Waals surface area contributed by atoms with Crippen LogP contribution in [-0.2, 0) is 0 Å². The molecule has 0 amide bonds. The van der Waals surface area contributed by atoms with E-state index in [1.54, 1.807) is 38.8 Å². The molecule has 1 aromatic carbocycles. The van der Waals surface area contributed by atoms with E-state index in [1.807, 2.05) is 18.2 Å². The molecule has 0 fully saturated rings. The van der Waals surface area contributed by atoms with Gasteiger partial charge >= 0.3 is 0 Å². The zero-order valence-corrected chi connectivity index (χ0v) is 13.3. The number of benzene rings is 1. The molecule has 7 nitrogen and oxygen atoms in total. The molecule has 8 heteroatoms. The van der Waals surface area contributed by atoms with E-state index in [0.29, 0.717) is 27.9 Å². The third-order valence-electron chi connectivity index (χ3n) is 3.14. The molecular weight excluding hydrogens is 316 g/mol. The fraction of sp³-hybridized carbons (Fsp3) is 0.133. The van der Waals surface area contributed by atoms with E-state index in [-0.39, 0.29) is 0 Å². The number of nitrogens with zero attached hydrogens (tertiary/aromatic N) is 3. The van der Waals surface area contributed by atoms with Gasteiger partial charge in [-0.3, -0.25) is 0 Å². The van der Waals surface area contributed by atoms with Crippen molar-refractivity contribution in [2.24, 2.45) is 5.10 Å². The van der Waals surface area contributed by atoms with Crippen molar-refractivity contribution in [3.63, 3.8) is 0 Å². The highest BCUT2D eigenvalue weighted by Gasteiger charge is 2.11. The molecule has 0 saturated carbocycles. The molecule has 0 aliphatic rings. The van der Waals surface area contributed by atoms with E-state index in [9.17, 15) is 0 Å². The minimum atomic E-state index is 0.356. The number of hydrogen-bond acceptors (Lipinski definition) is 6. The molecule has 1 N–H and O–H groups in total. The van der Waals surface area contributed by atoms with Gasteiger partial charge in [0.2, 0.25) is 10.6 Å². The number of rotatable bonds is 5. The number of furan rings is 1. The molecule has 0 radical (unpaired) electrons. The summed E-state index contributed by atoms with van der Waals surface area (Å²) < 4.78 is 17.7. The Hall–Kier alpha value is -2.87. The van der Waals surface area contributed by atoms with Crippen molar-refractivity contribution in [2.45, 2.75) is 0 Å². The fourth-order valence-electron chi connectivity index (χ4n) is 2.02. The number of aromatic nitrogens is 3. The first-order chi connectivity index (χ1) is 11.2. The normalized spacial score (nSPS) is 11.0. The van der Waals surface area contributed by atoms with Crippen molar-refractivity contribution in [1.29, 1.82) is 0 Å². The second kappa shape index (κ2) is 6.49. The van der Waals surface area contributed by atoms with Crippen LogP contribution in [0.25, 0.3) is 11.6 Å². The molecule has 23 heavy (non-hydrogen) atoms. The summed E-state index contributed by atoms with van der Waals surface area (Å²) in [6, 6.07) is 8.99. The Kier molecular flexibility index (Phi) is 4.24. The van der Waals surface area contributed by atoms with Crippen LogP contribution in [-0.4, -0.2) is 35.3 Å². The van der Waals surface area contributed by atoms with Crippen molar-refractivity contribution in [3.05, 3.63) is 46.9 Å². The van der Waals surface area contributed by atoms with E-state index in [0.717, 1.165) is 5.56 Å². The van der Waals surface area contributed by atoms with Gasteiger partial charge in [0.15, 0.2) is 5.76 Å². The highest BCUT2D eigenvalue weighted by Crippen LogP contribution is 2.23. The molecule has 0 spiro atoms. The van der Waals surface area contributed by atoms with Gasteiger partial charge in [-0.2, -0.15) is 9.78 Å². The van der Waals surface area contributed by atoms with Gasteiger partial charge in [0, 0.05) is 5.56 Å². The largest absolute Gasteiger partial charge is 0.497 e. The second-order valence-corrected chi connectivity index (χ2v) is 4.88. The van der Waals surface area contributed by atoms with Crippen LogP contribution in [0.1, 0.15) is 5.56 Å². The molecule has 3 rings (SSSR count). The first-order valence-corrected chi connectivity index (χ1v) is 7.11. The highest BCUT2D eigenvalue weighted by atomic mass is 32.1. The van der Waals surface area contributed by atoms with Gasteiger partial charge in [-0.1, -0.05) is 0 Å². The van der Waals surface area contributed by atoms with E-state index < -0.39 is 0 Å². The van der Waals surface area contributed by atoms with Gasteiger partial charge in [-0.25, -0.2) is 5.10 Å². The number of methoxy groups -OCH3 is 2. The van der Waals surface area contributed by atoms with Gasteiger partial charge < -0.3 is 13.9 Å². The van der Waals surface area contributed by atoms with Crippen LogP contribution >= 0.6 is 12.2 Å². The number of nitrogens with one attached hydrogen (secondary N) is 1. The molecule has 2 aromatic heterocycles. The minimum absolute atomic E-state index is 0.356. The van der Waals surface area contributed by atoms with Crippen LogP contribution < -0.4 is 9.47 Å². The fourth-order valence-corrected chi connectivity index (χ4v) is 2.20. The Morgan fingerprint density at radius 3 is 2.87 bits per heavy atom. The quantitative estimate of drug-likeness (QED) is 0.574. The lowest BCUT2D eigenvalue weighted by molar-refractivity contribution is 0.402. The maximum Gasteiger partial charge on any atom is 0.219 e. The SMILES string of the molecule is COc1ccc(OC)c(/C=N/n2c(-c3ccco3)n[nH]c2=S)c1. The maximum absolute atomic E-state index is 5.34. The van der Waals surface area contributed by atoms with Gasteiger partial charge in [0.1, 0.15) is 11.5 Å². The molecule has 3 aromatic rings. The summed E-state index contributed by atoms with van der Waals surface area (Å²) >= 11 is 5.21. The summed E-state index contributed by atoms with van der Waals surface area (Å²) in [6.07, 6.45) is 3.19. The maximum atomic E-state index is 5.34. The van der Waals surface area contributed by atoms with Crippen LogP contribution in [0.2, 0.25) is 0 Å². The summed E-state index contributed by atoms with van der Waals surface area (Å²) in [4.78, 5) is 0. The average molecular weight is 330 g/mol. The van der Waals surface area contributed by atoms with Crippen LogP contribution in [0.4, 0.5) is 0 Å². The number of ether oxygens (including phenoxy) is 2. The van der Waals surface area contributed by atoms with Crippen LogP contribution in [0.5, 0.6) is 11.5 Å². The van der Waals surface area contributed by atoms with Crippen LogP contribution in [0, 0.1) is 4.77 Å². The third kappa shape index (κ3) is 3.02. The first kappa shape index (κ1) is 15.0. The smallest absolute Gasteiger partial charge is 0.219 e. The zero-order chi connectivity index (χ0) is 16.2. The Balaban J connectivity index is 2.01. The van der Waals surface area contributed by atoms with Crippen LogP contribution in [0.3, 0.4) is 0 Å². The molecule has 2 heterocycles. The van der Waals surface area contributed by atoms with Crippen molar-refractivity contribution in [3.8, 4) is 23.1 Å². The first-order valence-electron chi connectivity index (χ1n) is 6.70. The average Bonchev–Trinajstić information content (AvgIpc) is 3.22. The predicted molar refractivity (Wildman–Crippen MR) is 87.7 cm³/mol. The summed E-state index contributed by atoms with van der Waals surface area (Å²) in [7, 11) is 3.20. The minimum Gasteiger partial charge on any atom is -0.497 e.